The molecule has 2 saturated heterocycles. The Morgan fingerprint density at radius 3 is 2.74 bits per heavy atom. The predicted molar refractivity (Wildman–Crippen MR) is 93.8 cm³/mol. The fraction of sp³-hybridized carbons (Fsp3) is 0.722. The lowest BCUT2D eigenvalue weighted by atomic mass is 9.79. The van der Waals surface area contributed by atoms with Crippen molar-refractivity contribution in [3.63, 3.8) is 0 Å². The van der Waals surface area contributed by atoms with Gasteiger partial charge in [-0.25, -0.2) is 0 Å². The first-order chi connectivity index (χ1) is 11.3. The van der Waals surface area contributed by atoms with Crippen LogP contribution < -0.4 is 5.32 Å². The maximum atomic E-state index is 12.2. The van der Waals surface area contributed by atoms with Crippen LogP contribution in [0.3, 0.4) is 0 Å². The summed E-state index contributed by atoms with van der Waals surface area (Å²) in [5.41, 5.74) is 0.195. The quantitative estimate of drug-likeness (QED) is 0.868. The SMILES string of the molecule is O=C(Cc1cccs1)NCC1(CN2CCCCC2)CCOCC1. The van der Waals surface area contributed by atoms with Crippen molar-refractivity contribution in [1.82, 2.24) is 10.2 Å². The van der Waals surface area contributed by atoms with E-state index in [-0.39, 0.29) is 11.3 Å². The van der Waals surface area contributed by atoms with Crippen molar-refractivity contribution in [3.8, 4) is 0 Å². The second-order valence-corrected chi connectivity index (χ2v) is 8.01. The lowest BCUT2D eigenvalue weighted by Crippen LogP contribution is -2.49. The van der Waals surface area contributed by atoms with E-state index in [1.165, 1.54) is 32.4 Å². The Labute approximate surface area is 143 Å². The summed E-state index contributed by atoms with van der Waals surface area (Å²) in [6.07, 6.45) is 6.62. The molecule has 3 heterocycles. The number of hydrogen-bond donors (Lipinski definition) is 1. The molecule has 0 aromatic carbocycles. The van der Waals surface area contributed by atoms with Crippen LogP contribution in [0.4, 0.5) is 0 Å². The Hall–Kier alpha value is -0.910. The van der Waals surface area contributed by atoms with Crippen molar-refractivity contribution < 1.29 is 9.53 Å². The minimum atomic E-state index is 0.150. The summed E-state index contributed by atoms with van der Waals surface area (Å²) in [7, 11) is 0. The van der Waals surface area contributed by atoms with E-state index in [1.807, 2.05) is 17.5 Å². The van der Waals surface area contributed by atoms with Gasteiger partial charge >= 0.3 is 0 Å². The number of carbonyl (C=O) groups is 1. The van der Waals surface area contributed by atoms with Crippen molar-refractivity contribution in [3.05, 3.63) is 22.4 Å². The second kappa shape index (κ2) is 8.27. The fourth-order valence-electron chi connectivity index (χ4n) is 3.71. The van der Waals surface area contributed by atoms with Crippen LogP contribution >= 0.6 is 11.3 Å². The van der Waals surface area contributed by atoms with Gasteiger partial charge in [0, 0.05) is 36.6 Å². The molecule has 2 aliphatic heterocycles. The average Bonchev–Trinajstić information content (AvgIpc) is 3.08. The molecule has 1 amide bonds. The molecule has 3 rings (SSSR count). The van der Waals surface area contributed by atoms with Gasteiger partial charge in [-0.15, -0.1) is 11.3 Å². The molecule has 2 aliphatic rings. The van der Waals surface area contributed by atoms with Crippen LogP contribution in [0.2, 0.25) is 0 Å². The Kier molecular flexibility index (Phi) is 6.08. The summed E-state index contributed by atoms with van der Waals surface area (Å²) in [4.78, 5) is 16.0. The van der Waals surface area contributed by atoms with Gasteiger partial charge in [-0.3, -0.25) is 4.79 Å². The zero-order chi connectivity index (χ0) is 16.0. The molecule has 0 aliphatic carbocycles. The number of carbonyl (C=O) groups excluding carboxylic acids is 1. The van der Waals surface area contributed by atoms with Crippen molar-refractivity contribution in [2.45, 2.75) is 38.5 Å². The molecule has 23 heavy (non-hydrogen) atoms. The molecule has 0 radical (unpaired) electrons. The first-order valence-electron chi connectivity index (χ1n) is 8.85. The van der Waals surface area contributed by atoms with E-state index in [9.17, 15) is 4.79 Å². The smallest absolute Gasteiger partial charge is 0.225 e. The lowest BCUT2D eigenvalue weighted by molar-refractivity contribution is -0.121. The summed E-state index contributed by atoms with van der Waals surface area (Å²) >= 11 is 1.65. The Morgan fingerprint density at radius 2 is 2.04 bits per heavy atom. The third kappa shape index (κ3) is 5.03. The molecule has 0 saturated carbocycles. The third-order valence-electron chi connectivity index (χ3n) is 5.14. The number of piperidine rings is 1. The molecule has 4 nitrogen and oxygen atoms in total. The molecule has 0 bridgehead atoms. The van der Waals surface area contributed by atoms with Gasteiger partial charge in [-0.2, -0.15) is 0 Å². The normalized spacial score (nSPS) is 21.9. The molecule has 0 unspecified atom stereocenters. The maximum absolute atomic E-state index is 12.2. The largest absolute Gasteiger partial charge is 0.381 e. The minimum Gasteiger partial charge on any atom is -0.381 e. The highest BCUT2D eigenvalue weighted by Gasteiger charge is 2.35. The number of rotatable bonds is 6. The van der Waals surface area contributed by atoms with Crippen molar-refractivity contribution in [2.24, 2.45) is 5.41 Å². The zero-order valence-corrected chi connectivity index (χ0v) is 14.7. The number of hydrogen-bond acceptors (Lipinski definition) is 4. The summed E-state index contributed by atoms with van der Waals surface area (Å²) in [5, 5.41) is 5.23. The van der Waals surface area contributed by atoms with E-state index >= 15 is 0 Å². The van der Waals surface area contributed by atoms with Gasteiger partial charge in [0.05, 0.1) is 6.42 Å². The van der Waals surface area contributed by atoms with Gasteiger partial charge in [-0.05, 0) is 50.2 Å². The summed E-state index contributed by atoms with van der Waals surface area (Å²) in [6.45, 7) is 5.98. The number of amides is 1. The van der Waals surface area contributed by atoms with Crippen LogP contribution in [0, 0.1) is 5.41 Å². The van der Waals surface area contributed by atoms with Crippen LogP contribution in [0.1, 0.15) is 37.0 Å². The van der Waals surface area contributed by atoms with E-state index in [0.29, 0.717) is 6.42 Å². The first kappa shape index (κ1) is 16.9. The fourth-order valence-corrected chi connectivity index (χ4v) is 4.41. The highest BCUT2D eigenvalue weighted by molar-refractivity contribution is 7.10. The van der Waals surface area contributed by atoms with Gasteiger partial charge in [0.2, 0.25) is 5.91 Å². The van der Waals surface area contributed by atoms with E-state index < -0.39 is 0 Å². The molecule has 128 valence electrons. The zero-order valence-electron chi connectivity index (χ0n) is 13.9. The molecule has 1 N–H and O–H groups in total. The van der Waals surface area contributed by atoms with Crippen molar-refractivity contribution >= 4 is 17.2 Å². The van der Waals surface area contributed by atoms with E-state index in [1.54, 1.807) is 11.3 Å². The molecule has 0 atom stereocenters. The number of likely N-dealkylation sites (tertiary alicyclic amines) is 1. The summed E-state index contributed by atoms with van der Waals surface area (Å²) < 4.78 is 5.58. The molecule has 5 heteroatoms. The predicted octanol–water partition coefficient (Wildman–Crippen LogP) is 2.69. The summed E-state index contributed by atoms with van der Waals surface area (Å²) in [6, 6.07) is 4.03. The lowest BCUT2D eigenvalue weighted by Gasteiger charge is -2.42. The molecule has 1 aromatic heterocycles. The number of nitrogens with zero attached hydrogens (tertiary/aromatic N) is 1. The van der Waals surface area contributed by atoms with Crippen LogP contribution in [0.15, 0.2) is 17.5 Å². The van der Waals surface area contributed by atoms with Crippen molar-refractivity contribution in [2.75, 3.05) is 39.4 Å². The van der Waals surface area contributed by atoms with Gasteiger partial charge in [-0.1, -0.05) is 12.5 Å². The summed E-state index contributed by atoms with van der Waals surface area (Å²) in [5.74, 6) is 0.150. The van der Waals surface area contributed by atoms with Gasteiger partial charge in [0.15, 0.2) is 0 Å². The van der Waals surface area contributed by atoms with Gasteiger partial charge in [0.1, 0.15) is 0 Å². The molecule has 0 spiro atoms. The average molecular weight is 337 g/mol. The van der Waals surface area contributed by atoms with Crippen LogP contribution in [-0.2, 0) is 16.0 Å². The van der Waals surface area contributed by atoms with E-state index in [4.69, 9.17) is 4.74 Å². The Bertz CT molecular complexity index is 477. The van der Waals surface area contributed by atoms with E-state index in [2.05, 4.69) is 10.2 Å². The van der Waals surface area contributed by atoms with Crippen molar-refractivity contribution in [1.29, 1.82) is 0 Å². The third-order valence-corrected chi connectivity index (χ3v) is 6.01. The minimum absolute atomic E-state index is 0.150. The van der Waals surface area contributed by atoms with Crippen LogP contribution in [0.5, 0.6) is 0 Å². The Morgan fingerprint density at radius 1 is 1.26 bits per heavy atom. The first-order valence-corrected chi connectivity index (χ1v) is 9.73. The number of ether oxygens (including phenoxy) is 1. The Balaban J connectivity index is 1.54. The van der Waals surface area contributed by atoms with Gasteiger partial charge in [0.25, 0.3) is 0 Å². The topological polar surface area (TPSA) is 41.6 Å². The van der Waals surface area contributed by atoms with Crippen LogP contribution in [-0.4, -0.2) is 50.2 Å². The maximum Gasteiger partial charge on any atom is 0.225 e. The van der Waals surface area contributed by atoms with E-state index in [0.717, 1.165) is 44.0 Å². The standard InChI is InChI=1S/C18H28N2O2S/c21-17(13-16-5-4-12-23-16)19-14-18(6-10-22-11-7-18)15-20-8-2-1-3-9-20/h4-5,12H,1-3,6-11,13-15H2,(H,19,21). The van der Waals surface area contributed by atoms with Crippen LogP contribution in [0.25, 0.3) is 0 Å². The number of thiophene rings is 1. The highest BCUT2D eigenvalue weighted by atomic mass is 32.1. The van der Waals surface area contributed by atoms with Gasteiger partial charge < -0.3 is 15.0 Å². The second-order valence-electron chi connectivity index (χ2n) is 6.98. The molecular formula is C18H28N2O2S. The molecular weight excluding hydrogens is 308 g/mol. The highest BCUT2D eigenvalue weighted by Crippen LogP contribution is 2.32. The molecule has 1 aromatic rings. The monoisotopic (exact) mass is 336 g/mol. The molecule has 2 fully saturated rings. The number of nitrogens with one attached hydrogen (secondary N) is 1.